The number of amides is 2. The van der Waals surface area contributed by atoms with Gasteiger partial charge in [-0.25, -0.2) is 5.43 Å². The van der Waals surface area contributed by atoms with Crippen LogP contribution in [0.4, 0.5) is 5.69 Å². The second kappa shape index (κ2) is 7.77. The number of ether oxygens (including phenoxy) is 1. The van der Waals surface area contributed by atoms with Crippen molar-refractivity contribution in [3.05, 3.63) is 53.6 Å². The topological polar surface area (TPSA) is 100 Å². The number of rotatable bonds is 5. The Kier molecular flexibility index (Phi) is 5.51. The molecular formula is C17H17N3O4. The molecule has 3 N–H and O–H groups in total. The van der Waals surface area contributed by atoms with Crippen LogP contribution in [0.15, 0.2) is 47.6 Å². The number of methoxy groups -OCH3 is 1. The minimum Gasteiger partial charge on any atom is -0.504 e. The average molecular weight is 327 g/mol. The van der Waals surface area contributed by atoms with E-state index in [1.165, 1.54) is 26.3 Å². The number of nitrogens with zero attached hydrogens (tertiary/aromatic N) is 1. The van der Waals surface area contributed by atoms with Gasteiger partial charge in [0.05, 0.1) is 13.3 Å². The normalized spacial score (nSPS) is 10.4. The zero-order valence-corrected chi connectivity index (χ0v) is 13.2. The Labute approximate surface area is 139 Å². The summed E-state index contributed by atoms with van der Waals surface area (Å²) in [5.41, 5.74) is 3.94. The summed E-state index contributed by atoms with van der Waals surface area (Å²) in [4.78, 5) is 23.1. The first-order valence-electron chi connectivity index (χ1n) is 7.07. The third kappa shape index (κ3) is 4.57. The van der Waals surface area contributed by atoms with Crippen molar-refractivity contribution < 1.29 is 19.4 Å². The van der Waals surface area contributed by atoms with E-state index in [0.29, 0.717) is 22.6 Å². The van der Waals surface area contributed by atoms with E-state index in [-0.39, 0.29) is 11.7 Å². The Morgan fingerprint density at radius 2 is 2.00 bits per heavy atom. The van der Waals surface area contributed by atoms with Crippen molar-refractivity contribution in [1.82, 2.24) is 5.43 Å². The van der Waals surface area contributed by atoms with Crippen LogP contribution in [0, 0.1) is 0 Å². The highest BCUT2D eigenvalue weighted by Crippen LogP contribution is 2.25. The van der Waals surface area contributed by atoms with Gasteiger partial charge in [-0.3, -0.25) is 9.59 Å². The molecule has 0 bridgehead atoms. The molecule has 2 aromatic carbocycles. The summed E-state index contributed by atoms with van der Waals surface area (Å²) in [5.74, 6) is -0.294. The Bertz CT molecular complexity index is 787. The van der Waals surface area contributed by atoms with E-state index >= 15 is 0 Å². The van der Waals surface area contributed by atoms with Crippen LogP contribution < -0.4 is 15.5 Å². The molecule has 124 valence electrons. The lowest BCUT2D eigenvalue weighted by Crippen LogP contribution is -2.18. The second-order valence-electron chi connectivity index (χ2n) is 4.89. The van der Waals surface area contributed by atoms with E-state index in [1.54, 1.807) is 36.4 Å². The number of hydrogen-bond acceptors (Lipinski definition) is 5. The van der Waals surface area contributed by atoms with Gasteiger partial charge in [0.1, 0.15) is 0 Å². The predicted octanol–water partition coefficient (Wildman–Crippen LogP) is 2.12. The SMILES string of the molecule is COc1cc(/C=N/NC(=O)c2cccc(NC(C)=O)c2)ccc1O. The van der Waals surface area contributed by atoms with E-state index in [2.05, 4.69) is 15.8 Å². The highest BCUT2D eigenvalue weighted by molar-refractivity contribution is 5.97. The number of hydrazone groups is 1. The monoisotopic (exact) mass is 327 g/mol. The second-order valence-corrected chi connectivity index (χ2v) is 4.89. The molecular weight excluding hydrogens is 310 g/mol. The van der Waals surface area contributed by atoms with Gasteiger partial charge in [0.2, 0.25) is 5.91 Å². The fourth-order valence-corrected chi connectivity index (χ4v) is 1.95. The molecule has 0 aliphatic rings. The first-order valence-corrected chi connectivity index (χ1v) is 7.07. The predicted molar refractivity (Wildman–Crippen MR) is 90.5 cm³/mol. The van der Waals surface area contributed by atoms with Crippen LogP contribution in [0.3, 0.4) is 0 Å². The molecule has 0 saturated heterocycles. The van der Waals surface area contributed by atoms with Gasteiger partial charge >= 0.3 is 0 Å². The number of anilines is 1. The van der Waals surface area contributed by atoms with Crippen molar-refractivity contribution in [2.75, 3.05) is 12.4 Å². The Balaban J connectivity index is 2.03. The standard InChI is InChI=1S/C17H17N3O4/c1-11(21)19-14-5-3-4-13(9-14)17(23)20-18-10-12-6-7-15(22)16(8-12)24-2/h3-10,22H,1-2H3,(H,19,21)(H,20,23)/b18-10+. The maximum Gasteiger partial charge on any atom is 0.271 e. The largest absolute Gasteiger partial charge is 0.504 e. The quantitative estimate of drug-likeness (QED) is 0.578. The van der Waals surface area contributed by atoms with Crippen LogP contribution in [0.5, 0.6) is 11.5 Å². The molecule has 2 aromatic rings. The summed E-state index contributed by atoms with van der Waals surface area (Å²) < 4.78 is 4.99. The highest BCUT2D eigenvalue weighted by atomic mass is 16.5. The molecule has 2 rings (SSSR count). The Morgan fingerprint density at radius 3 is 2.71 bits per heavy atom. The smallest absolute Gasteiger partial charge is 0.271 e. The lowest BCUT2D eigenvalue weighted by molar-refractivity contribution is -0.114. The number of phenols is 1. The van der Waals surface area contributed by atoms with Gasteiger partial charge in [0.25, 0.3) is 5.91 Å². The van der Waals surface area contributed by atoms with Gasteiger partial charge in [-0.15, -0.1) is 0 Å². The molecule has 0 radical (unpaired) electrons. The van der Waals surface area contributed by atoms with Gasteiger partial charge in [0, 0.05) is 18.2 Å². The minimum atomic E-state index is -0.413. The van der Waals surface area contributed by atoms with E-state index in [0.717, 1.165) is 0 Å². The summed E-state index contributed by atoms with van der Waals surface area (Å²) in [7, 11) is 1.44. The number of benzene rings is 2. The van der Waals surface area contributed by atoms with E-state index in [9.17, 15) is 14.7 Å². The fourth-order valence-electron chi connectivity index (χ4n) is 1.95. The molecule has 24 heavy (non-hydrogen) atoms. The molecule has 0 unspecified atom stereocenters. The first kappa shape index (κ1) is 17.0. The third-order valence-corrected chi connectivity index (χ3v) is 3.03. The molecule has 0 spiro atoms. The average Bonchev–Trinajstić information content (AvgIpc) is 2.56. The first-order chi connectivity index (χ1) is 11.5. The fraction of sp³-hybridized carbons (Fsp3) is 0.118. The van der Waals surface area contributed by atoms with Crippen molar-refractivity contribution >= 4 is 23.7 Å². The highest BCUT2D eigenvalue weighted by Gasteiger charge is 2.06. The number of hydrogen-bond donors (Lipinski definition) is 3. The summed E-state index contributed by atoms with van der Waals surface area (Å²) in [6.45, 7) is 1.39. The van der Waals surface area contributed by atoms with Crippen molar-refractivity contribution in [2.24, 2.45) is 5.10 Å². The lowest BCUT2D eigenvalue weighted by atomic mass is 10.2. The van der Waals surface area contributed by atoms with Gasteiger partial charge in [-0.2, -0.15) is 5.10 Å². The van der Waals surface area contributed by atoms with Crippen molar-refractivity contribution in [3.63, 3.8) is 0 Å². The summed E-state index contributed by atoms with van der Waals surface area (Å²) in [5, 5.41) is 16.0. The van der Waals surface area contributed by atoms with Gasteiger partial charge < -0.3 is 15.2 Å². The number of carbonyl (C=O) groups is 2. The molecule has 2 amide bonds. The zero-order chi connectivity index (χ0) is 17.5. The van der Waals surface area contributed by atoms with Crippen molar-refractivity contribution in [3.8, 4) is 11.5 Å². The molecule has 0 aliphatic carbocycles. The molecule has 0 atom stereocenters. The maximum absolute atomic E-state index is 12.0. The van der Waals surface area contributed by atoms with Crippen LogP contribution in [-0.2, 0) is 4.79 Å². The Morgan fingerprint density at radius 1 is 1.21 bits per heavy atom. The molecule has 7 heteroatoms. The summed E-state index contributed by atoms with van der Waals surface area (Å²) in [6, 6.07) is 11.2. The molecule has 0 saturated carbocycles. The van der Waals surface area contributed by atoms with Crippen LogP contribution in [0.1, 0.15) is 22.8 Å². The molecule has 0 aromatic heterocycles. The molecule has 7 nitrogen and oxygen atoms in total. The van der Waals surface area contributed by atoms with Gasteiger partial charge in [0.15, 0.2) is 11.5 Å². The summed E-state index contributed by atoms with van der Waals surface area (Å²) in [6.07, 6.45) is 1.43. The number of carbonyl (C=O) groups excluding carboxylic acids is 2. The zero-order valence-electron chi connectivity index (χ0n) is 13.2. The van der Waals surface area contributed by atoms with Crippen LogP contribution in [0.2, 0.25) is 0 Å². The minimum absolute atomic E-state index is 0.0217. The van der Waals surface area contributed by atoms with Crippen LogP contribution in [0.25, 0.3) is 0 Å². The maximum atomic E-state index is 12.0. The van der Waals surface area contributed by atoms with Crippen LogP contribution in [-0.4, -0.2) is 30.2 Å². The van der Waals surface area contributed by atoms with E-state index in [4.69, 9.17) is 4.74 Å². The van der Waals surface area contributed by atoms with Crippen molar-refractivity contribution in [1.29, 1.82) is 0 Å². The van der Waals surface area contributed by atoms with Gasteiger partial charge in [-0.1, -0.05) is 6.07 Å². The number of aromatic hydroxyl groups is 1. The van der Waals surface area contributed by atoms with E-state index < -0.39 is 5.91 Å². The number of phenolic OH excluding ortho intramolecular Hbond substituents is 1. The molecule has 0 aliphatic heterocycles. The molecule has 0 heterocycles. The third-order valence-electron chi connectivity index (χ3n) is 3.03. The number of nitrogens with one attached hydrogen (secondary N) is 2. The lowest BCUT2D eigenvalue weighted by Gasteiger charge is -2.05. The Hall–Kier alpha value is -3.35. The molecule has 0 fully saturated rings. The summed E-state index contributed by atoms with van der Waals surface area (Å²) >= 11 is 0. The van der Waals surface area contributed by atoms with Gasteiger partial charge in [-0.05, 0) is 42.0 Å². The van der Waals surface area contributed by atoms with E-state index in [1.807, 2.05) is 0 Å². The van der Waals surface area contributed by atoms with Crippen molar-refractivity contribution in [2.45, 2.75) is 6.92 Å². The van der Waals surface area contributed by atoms with Crippen LogP contribution >= 0.6 is 0 Å².